The van der Waals surface area contributed by atoms with Crippen LogP contribution >= 0.6 is 27.5 Å². The Hall–Kier alpha value is -0.740. The van der Waals surface area contributed by atoms with Gasteiger partial charge in [0.1, 0.15) is 0 Å². The lowest BCUT2D eigenvalue weighted by Crippen LogP contribution is -2.21. The van der Waals surface area contributed by atoms with E-state index in [2.05, 4.69) is 20.8 Å². The van der Waals surface area contributed by atoms with Gasteiger partial charge in [0, 0.05) is 22.6 Å². The third-order valence-electron chi connectivity index (χ3n) is 2.86. The average molecular weight is 319 g/mol. The highest BCUT2D eigenvalue weighted by molar-refractivity contribution is 9.10. The van der Waals surface area contributed by atoms with Crippen LogP contribution in [0.4, 0.5) is 5.69 Å². The Morgan fingerprint density at radius 3 is 2.65 bits per heavy atom. The number of benzene rings is 1. The van der Waals surface area contributed by atoms with E-state index in [1.807, 2.05) is 6.07 Å². The highest BCUT2D eigenvalue weighted by Gasteiger charge is 2.23. The van der Waals surface area contributed by atoms with Crippen molar-refractivity contribution in [2.24, 2.45) is 0 Å². The number of nitrogens with zero attached hydrogens (tertiary/aromatic N) is 1. The number of halogens is 2. The van der Waals surface area contributed by atoms with E-state index in [1.165, 1.54) is 7.11 Å². The number of rotatable bonds is 2. The van der Waals surface area contributed by atoms with Gasteiger partial charge < -0.3 is 9.64 Å². The summed E-state index contributed by atoms with van der Waals surface area (Å²) in [7, 11) is 1.38. The molecule has 0 unspecified atom stereocenters. The highest BCUT2D eigenvalue weighted by atomic mass is 79.9. The van der Waals surface area contributed by atoms with Crippen LogP contribution in [0.15, 0.2) is 16.6 Å². The van der Waals surface area contributed by atoms with Gasteiger partial charge in [0.05, 0.1) is 18.4 Å². The van der Waals surface area contributed by atoms with E-state index in [9.17, 15) is 4.79 Å². The first kappa shape index (κ1) is 12.7. The Bertz CT molecular complexity index is 444. The molecular formula is C12H13BrClNO2. The van der Waals surface area contributed by atoms with Crippen LogP contribution in [0.25, 0.3) is 0 Å². The monoisotopic (exact) mass is 317 g/mol. The van der Waals surface area contributed by atoms with Gasteiger partial charge in [-0.2, -0.15) is 0 Å². The van der Waals surface area contributed by atoms with E-state index in [0.29, 0.717) is 10.6 Å². The Morgan fingerprint density at radius 2 is 2.06 bits per heavy atom. The molecule has 1 aromatic carbocycles. The summed E-state index contributed by atoms with van der Waals surface area (Å²) in [6.07, 6.45) is 2.30. The fourth-order valence-electron chi connectivity index (χ4n) is 2.09. The molecule has 0 amide bonds. The van der Waals surface area contributed by atoms with Gasteiger partial charge in [-0.15, -0.1) is 0 Å². The summed E-state index contributed by atoms with van der Waals surface area (Å²) < 4.78 is 5.64. The first-order valence-electron chi connectivity index (χ1n) is 5.46. The van der Waals surface area contributed by atoms with E-state index >= 15 is 0 Å². The topological polar surface area (TPSA) is 29.5 Å². The fraction of sp³-hybridized carbons (Fsp3) is 0.417. The standard InChI is InChI=1S/C12H13BrClNO2/c1-17-12(16)9-6-8(14)7-10(13)11(9)15-4-2-3-5-15/h6-7H,2-5H2,1H3. The zero-order chi connectivity index (χ0) is 12.4. The Balaban J connectivity index is 2.50. The Labute approximate surface area is 114 Å². The van der Waals surface area contributed by atoms with Gasteiger partial charge in [-0.25, -0.2) is 4.79 Å². The molecule has 0 bridgehead atoms. The minimum atomic E-state index is -0.352. The third kappa shape index (κ3) is 2.58. The Morgan fingerprint density at radius 1 is 1.41 bits per heavy atom. The first-order valence-corrected chi connectivity index (χ1v) is 6.63. The predicted octanol–water partition coefficient (Wildman–Crippen LogP) is 3.49. The van der Waals surface area contributed by atoms with Crippen LogP contribution in [-0.2, 0) is 4.74 Å². The molecule has 1 aliphatic heterocycles. The molecule has 0 saturated carbocycles. The summed E-state index contributed by atoms with van der Waals surface area (Å²) in [6, 6.07) is 3.47. The highest BCUT2D eigenvalue weighted by Crippen LogP contribution is 2.35. The minimum Gasteiger partial charge on any atom is -0.465 e. The molecule has 2 rings (SSSR count). The molecule has 92 valence electrons. The van der Waals surface area contributed by atoms with E-state index in [4.69, 9.17) is 16.3 Å². The second-order valence-corrected chi connectivity index (χ2v) is 5.26. The van der Waals surface area contributed by atoms with Crippen molar-refractivity contribution in [1.29, 1.82) is 0 Å². The van der Waals surface area contributed by atoms with E-state index in [0.717, 1.165) is 36.1 Å². The van der Waals surface area contributed by atoms with Gasteiger partial charge in [-0.05, 0) is 40.9 Å². The van der Waals surface area contributed by atoms with Crippen LogP contribution in [0.1, 0.15) is 23.2 Å². The molecule has 0 atom stereocenters. The van der Waals surface area contributed by atoms with E-state index in [1.54, 1.807) is 6.07 Å². The van der Waals surface area contributed by atoms with Crippen LogP contribution in [-0.4, -0.2) is 26.2 Å². The minimum absolute atomic E-state index is 0.352. The first-order chi connectivity index (χ1) is 8.13. The number of methoxy groups -OCH3 is 1. The number of carbonyl (C=O) groups is 1. The van der Waals surface area contributed by atoms with Crippen molar-refractivity contribution >= 4 is 39.2 Å². The second kappa shape index (κ2) is 5.27. The summed E-state index contributed by atoms with van der Waals surface area (Å²) in [5.74, 6) is -0.352. The number of ether oxygens (including phenoxy) is 1. The largest absolute Gasteiger partial charge is 0.465 e. The van der Waals surface area contributed by atoms with Gasteiger partial charge in [0.15, 0.2) is 0 Å². The third-order valence-corrected chi connectivity index (χ3v) is 3.68. The fourth-order valence-corrected chi connectivity index (χ4v) is 3.15. The van der Waals surface area contributed by atoms with Crippen molar-refractivity contribution < 1.29 is 9.53 Å². The maximum absolute atomic E-state index is 11.8. The summed E-state index contributed by atoms with van der Waals surface area (Å²) >= 11 is 9.45. The molecule has 5 heteroatoms. The molecule has 1 fully saturated rings. The molecular weight excluding hydrogens is 305 g/mol. The number of carbonyl (C=O) groups excluding carboxylic acids is 1. The van der Waals surface area contributed by atoms with Gasteiger partial charge in [0.25, 0.3) is 0 Å². The Kier molecular flexibility index (Phi) is 3.94. The van der Waals surface area contributed by atoms with E-state index < -0.39 is 0 Å². The van der Waals surface area contributed by atoms with Crippen molar-refractivity contribution in [2.45, 2.75) is 12.8 Å². The quantitative estimate of drug-likeness (QED) is 0.782. The lowest BCUT2D eigenvalue weighted by atomic mass is 10.1. The summed E-state index contributed by atoms with van der Waals surface area (Å²) in [5, 5.41) is 0.528. The molecule has 0 radical (unpaired) electrons. The van der Waals surface area contributed by atoms with Crippen LogP contribution in [0.2, 0.25) is 5.02 Å². The van der Waals surface area contributed by atoms with Crippen molar-refractivity contribution in [1.82, 2.24) is 0 Å². The molecule has 1 saturated heterocycles. The van der Waals surface area contributed by atoms with Crippen LogP contribution in [0.3, 0.4) is 0 Å². The molecule has 0 N–H and O–H groups in total. The van der Waals surface area contributed by atoms with Crippen molar-refractivity contribution in [3.8, 4) is 0 Å². The lowest BCUT2D eigenvalue weighted by Gasteiger charge is -2.22. The smallest absolute Gasteiger partial charge is 0.340 e. The molecule has 17 heavy (non-hydrogen) atoms. The maximum atomic E-state index is 11.8. The zero-order valence-electron chi connectivity index (χ0n) is 9.50. The molecule has 1 heterocycles. The van der Waals surface area contributed by atoms with Gasteiger partial charge in [-0.3, -0.25) is 0 Å². The number of hydrogen-bond donors (Lipinski definition) is 0. The van der Waals surface area contributed by atoms with Crippen LogP contribution < -0.4 is 4.90 Å². The molecule has 0 aliphatic carbocycles. The SMILES string of the molecule is COC(=O)c1cc(Cl)cc(Br)c1N1CCCC1. The molecule has 3 nitrogen and oxygen atoms in total. The predicted molar refractivity (Wildman–Crippen MR) is 71.9 cm³/mol. The summed E-state index contributed by atoms with van der Waals surface area (Å²) in [5.41, 5.74) is 1.41. The zero-order valence-corrected chi connectivity index (χ0v) is 11.8. The number of anilines is 1. The van der Waals surface area contributed by atoms with E-state index in [-0.39, 0.29) is 5.97 Å². The average Bonchev–Trinajstić information content (AvgIpc) is 2.80. The number of esters is 1. The number of hydrogen-bond acceptors (Lipinski definition) is 3. The second-order valence-electron chi connectivity index (χ2n) is 3.97. The normalized spacial score (nSPS) is 15.1. The van der Waals surface area contributed by atoms with Crippen molar-refractivity contribution in [2.75, 3.05) is 25.1 Å². The summed E-state index contributed by atoms with van der Waals surface area (Å²) in [6.45, 7) is 1.93. The maximum Gasteiger partial charge on any atom is 0.340 e. The van der Waals surface area contributed by atoms with Crippen molar-refractivity contribution in [3.05, 3.63) is 27.2 Å². The van der Waals surface area contributed by atoms with Crippen LogP contribution in [0, 0.1) is 0 Å². The molecule has 0 spiro atoms. The summed E-state index contributed by atoms with van der Waals surface area (Å²) in [4.78, 5) is 14.0. The molecule has 0 aromatic heterocycles. The lowest BCUT2D eigenvalue weighted by molar-refractivity contribution is 0.0601. The van der Waals surface area contributed by atoms with Gasteiger partial charge in [0.2, 0.25) is 0 Å². The molecule has 1 aromatic rings. The van der Waals surface area contributed by atoms with Crippen molar-refractivity contribution in [3.63, 3.8) is 0 Å². The van der Waals surface area contributed by atoms with Gasteiger partial charge >= 0.3 is 5.97 Å². The molecule has 1 aliphatic rings. The van der Waals surface area contributed by atoms with Crippen LogP contribution in [0.5, 0.6) is 0 Å². The van der Waals surface area contributed by atoms with Gasteiger partial charge in [-0.1, -0.05) is 11.6 Å².